The van der Waals surface area contributed by atoms with Crippen molar-refractivity contribution in [2.24, 2.45) is 0 Å². The van der Waals surface area contributed by atoms with Crippen molar-refractivity contribution in [2.45, 2.75) is 5.41 Å². The van der Waals surface area contributed by atoms with Crippen molar-refractivity contribution in [3.63, 3.8) is 0 Å². The van der Waals surface area contributed by atoms with Crippen molar-refractivity contribution in [1.82, 2.24) is 9.97 Å². The fourth-order valence-electron chi connectivity index (χ4n) is 8.65. The van der Waals surface area contributed by atoms with Crippen molar-refractivity contribution >= 4 is 21.5 Å². The molecule has 0 radical (unpaired) electrons. The lowest BCUT2D eigenvalue weighted by atomic mass is 9.66. The zero-order valence-electron chi connectivity index (χ0n) is 28.1. The van der Waals surface area contributed by atoms with E-state index < -0.39 is 5.41 Å². The van der Waals surface area contributed by atoms with Crippen LogP contribution in [0.2, 0.25) is 0 Å². The van der Waals surface area contributed by atoms with Gasteiger partial charge in [0.2, 0.25) is 0 Å². The van der Waals surface area contributed by atoms with E-state index in [1.54, 1.807) is 0 Å². The highest BCUT2D eigenvalue weighted by molar-refractivity contribution is 6.08. The smallest absolute Gasteiger partial charge is 0.160 e. The molecule has 0 fully saturated rings. The van der Waals surface area contributed by atoms with E-state index >= 15 is 0 Å². The van der Waals surface area contributed by atoms with Gasteiger partial charge in [-0.3, -0.25) is 0 Å². The Morgan fingerprint density at radius 2 is 0.942 bits per heavy atom. The number of aromatic nitrogens is 2. The fraction of sp³-hybridized carbons (Fsp3) is 0.0204. The van der Waals surface area contributed by atoms with Crippen LogP contribution in [0, 0.1) is 0 Å². The standard InChI is InChI=1S/C49H30N2O/c1-2-13-32(14-3-1)48-50-44(34-24-26-37-33(28-34)23-22-31-12-4-5-15-36(31)37)30-45(51-48)35-25-27-47-43(29-35)49(42-20-10-11-21-46(42)52-47)40-18-8-6-16-38(40)39-17-7-9-19-41(39)49/h1-30H. The van der Waals surface area contributed by atoms with Crippen molar-refractivity contribution in [2.75, 3.05) is 0 Å². The van der Waals surface area contributed by atoms with Gasteiger partial charge in [-0.15, -0.1) is 0 Å². The molecule has 242 valence electrons. The second-order valence-electron chi connectivity index (χ2n) is 13.7. The summed E-state index contributed by atoms with van der Waals surface area (Å²) in [6.07, 6.45) is 0. The molecule has 0 saturated carbocycles. The van der Waals surface area contributed by atoms with E-state index in [9.17, 15) is 0 Å². The maximum absolute atomic E-state index is 6.71. The van der Waals surface area contributed by atoms with Crippen LogP contribution in [0.4, 0.5) is 0 Å². The zero-order chi connectivity index (χ0) is 34.2. The topological polar surface area (TPSA) is 35.0 Å². The van der Waals surface area contributed by atoms with Crippen LogP contribution in [0.15, 0.2) is 182 Å². The highest BCUT2D eigenvalue weighted by Crippen LogP contribution is 2.62. The van der Waals surface area contributed by atoms with Crippen LogP contribution in [0.3, 0.4) is 0 Å². The van der Waals surface area contributed by atoms with Gasteiger partial charge in [-0.1, -0.05) is 146 Å². The van der Waals surface area contributed by atoms with E-state index in [0.717, 1.165) is 50.7 Å². The Balaban J connectivity index is 1.15. The van der Waals surface area contributed by atoms with Gasteiger partial charge in [0.15, 0.2) is 5.82 Å². The van der Waals surface area contributed by atoms with Crippen LogP contribution in [0.1, 0.15) is 22.3 Å². The molecule has 3 heteroatoms. The van der Waals surface area contributed by atoms with Crippen LogP contribution < -0.4 is 4.74 Å². The summed E-state index contributed by atoms with van der Waals surface area (Å²) < 4.78 is 6.71. The van der Waals surface area contributed by atoms with Gasteiger partial charge in [0.25, 0.3) is 0 Å². The molecule has 0 amide bonds. The molecule has 11 rings (SSSR count). The minimum Gasteiger partial charge on any atom is -0.457 e. The molecular weight excluding hydrogens is 633 g/mol. The largest absolute Gasteiger partial charge is 0.457 e. The molecule has 1 spiro atoms. The van der Waals surface area contributed by atoms with Gasteiger partial charge in [0.1, 0.15) is 11.5 Å². The molecular formula is C49H30N2O. The number of rotatable bonds is 3. The predicted octanol–water partition coefficient (Wildman–Crippen LogP) is 12.3. The van der Waals surface area contributed by atoms with Crippen molar-refractivity contribution < 1.29 is 4.74 Å². The number of nitrogens with zero attached hydrogens (tertiary/aromatic N) is 2. The van der Waals surface area contributed by atoms with Gasteiger partial charge in [-0.2, -0.15) is 0 Å². The number of ether oxygens (including phenoxy) is 1. The second-order valence-corrected chi connectivity index (χ2v) is 13.7. The molecule has 0 bridgehead atoms. The first-order valence-electron chi connectivity index (χ1n) is 17.7. The molecule has 1 aliphatic carbocycles. The average molecular weight is 663 g/mol. The summed E-state index contributed by atoms with van der Waals surface area (Å²) in [6.45, 7) is 0. The van der Waals surface area contributed by atoms with Crippen LogP contribution >= 0.6 is 0 Å². The minimum absolute atomic E-state index is 0.549. The monoisotopic (exact) mass is 662 g/mol. The van der Waals surface area contributed by atoms with Gasteiger partial charge in [0.05, 0.1) is 16.8 Å². The molecule has 3 nitrogen and oxygen atoms in total. The van der Waals surface area contributed by atoms with Crippen molar-refractivity contribution in [1.29, 1.82) is 0 Å². The zero-order valence-corrected chi connectivity index (χ0v) is 28.1. The lowest BCUT2D eigenvalue weighted by Crippen LogP contribution is -2.32. The first kappa shape index (κ1) is 28.9. The van der Waals surface area contributed by atoms with E-state index in [1.165, 1.54) is 43.8 Å². The highest BCUT2D eigenvalue weighted by atomic mass is 16.5. The van der Waals surface area contributed by atoms with Crippen LogP contribution in [0.25, 0.3) is 66.6 Å². The Labute approximate surface area is 301 Å². The lowest BCUT2D eigenvalue weighted by Gasteiger charge is -2.39. The van der Waals surface area contributed by atoms with E-state index in [2.05, 4.69) is 164 Å². The summed E-state index contributed by atoms with van der Waals surface area (Å²) in [5.74, 6) is 2.43. The average Bonchev–Trinajstić information content (AvgIpc) is 3.51. The molecule has 1 aromatic heterocycles. The fourth-order valence-corrected chi connectivity index (χ4v) is 8.65. The van der Waals surface area contributed by atoms with Crippen molar-refractivity contribution in [3.8, 4) is 56.5 Å². The molecule has 52 heavy (non-hydrogen) atoms. The van der Waals surface area contributed by atoms with Gasteiger partial charge < -0.3 is 4.74 Å². The third-order valence-electron chi connectivity index (χ3n) is 10.9. The normalized spacial score (nSPS) is 13.3. The van der Waals surface area contributed by atoms with E-state index in [-0.39, 0.29) is 0 Å². The van der Waals surface area contributed by atoms with Crippen LogP contribution in [-0.2, 0) is 5.41 Å². The summed E-state index contributed by atoms with van der Waals surface area (Å²) in [5.41, 5.74) is 11.5. The van der Waals surface area contributed by atoms with Gasteiger partial charge in [-0.05, 0) is 80.2 Å². The van der Waals surface area contributed by atoms with Gasteiger partial charge in [0, 0.05) is 27.8 Å². The summed E-state index contributed by atoms with van der Waals surface area (Å²) >= 11 is 0. The maximum Gasteiger partial charge on any atom is 0.160 e. The van der Waals surface area contributed by atoms with Crippen LogP contribution in [0.5, 0.6) is 11.5 Å². The Bertz CT molecular complexity index is 2850. The predicted molar refractivity (Wildman–Crippen MR) is 211 cm³/mol. The molecule has 0 atom stereocenters. The second kappa shape index (κ2) is 11.1. The summed E-state index contributed by atoms with van der Waals surface area (Å²) in [6, 6.07) is 64.7. The summed E-state index contributed by atoms with van der Waals surface area (Å²) in [5, 5.41) is 4.91. The maximum atomic E-state index is 6.71. The Morgan fingerprint density at radius 1 is 0.365 bits per heavy atom. The number of hydrogen-bond acceptors (Lipinski definition) is 3. The third kappa shape index (κ3) is 4.14. The Morgan fingerprint density at radius 3 is 1.73 bits per heavy atom. The van der Waals surface area contributed by atoms with Crippen LogP contribution in [-0.4, -0.2) is 9.97 Å². The molecule has 0 saturated heterocycles. The van der Waals surface area contributed by atoms with Gasteiger partial charge in [-0.25, -0.2) is 9.97 Å². The number of hydrogen-bond donors (Lipinski definition) is 0. The first-order chi connectivity index (χ1) is 25.8. The van der Waals surface area contributed by atoms with E-state index in [4.69, 9.17) is 14.7 Å². The Hall–Kier alpha value is -6.84. The Kier molecular flexibility index (Phi) is 6.17. The lowest BCUT2D eigenvalue weighted by molar-refractivity contribution is 0.436. The minimum atomic E-state index is -0.549. The number of benzene rings is 8. The summed E-state index contributed by atoms with van der Waals surface area (Å²) in [7, 11) is 0. The molecule has 2 aliphatic rings. The third-order valence-corrected chi connectivity index (χ3v) is 10.9. The van der Waals surface area contributed by atoms with Crippen molar-refractivity contribution in [3.05, 3.63) is 204 Å². The molecule has 0 unspecified atom stereocenters. The SMILES string of the molecule is c1ccc(-c2nc(-c3ccc4c(c3)C3(c5ccccc5O4)c4ccccc4-c4ccccc43)cc(-c3ccc4c(ccc5ccccc54)c3)n2)cc1. The first-order valence-corrected chi connectivity index (χ1v) is 17.7. The molecule has 1 aliphatic heterocycles. The summed E-state index contributed by atoms with van der Waals surface area (Å²) in [4.78, 5) is 10.4. The van der Waals surface area contributed by atoms with E-state index in [1.807, 2.05) is 18.2 Å². The molecule has 0 N–H and O–H groups in total. The highest BCUT2D eigenvalue weighted by Gasteiger charge is 2.51. The van der Waals surface area contributed by atoms with Gasteiger partial charge >= 0.3 is 0 Å². The number of fused-ring (bicyclic) bond motifs is 12. The number of para-hydroxylation sites is 1. The van der Waals surface area contributed by atoms with E-state index in [0.29, 0.717) is 5.82 Å². The molecule has 2 heterocycles. The quantitative estimate of drug-likeness (QED) is 0.177. The molecule has 8 aromatic carbocycles. The molecule has 9 aromatic rings.